The summed E-state index contributed by atoms with van der Waals surface area (Å²) in [5.41, 5.74) is 0. The molecule has 2 aromatic heterocycles. The smallest absolute Gasteiger partial charge is 0.768 e. The molecule has 0 amide bonds. The van der Waals surface area contributed by atoms with Gasteiger partial charge < -0.3 is 9.11 Å². The minimum atomic E-state index is -2.03. The van der Waals surface area contributed by atoms with Gasteiger partial charge in [0.15, 0.2) is 0 Å². The van der Waals surface area contributed by atoms with Crippen molar-refractivity contribution in [1.82, 2.24) is 0 Å². The van der Waals surface area contributed by atoms with E-state index in [1.807, 2.05) is 0 Å². The van der Waals surface area contributed by atoms with Gasteiger partial charge in [0.25, 0.3) is 0 Å². The van der Waals surface area contributed by atoms with Crippen molar-refractivity contribution < 1.29 is 76.6 Å². The fraction of sp³-hybridized carbons (Fsp3) is 0. The Bertz CT molecular complexity index is 413. The van der Waals surface area contributed by atoms with E-state index in [0.29, 0.717) is 8.42 Å². The average Bonchev–Trinajstić information content (AvgIpc) is 2.93. The Balaban J connectivity index is 0. The summed E-state index contributed by atoms with van der Waals surface area (Å²) in [7, 11) is 0. The third-order valence-corrected chi connectivity index (χ3v) is 4.96. The van der Waals surface area contributed by atoms with Crippen LogP contribution in [0.1, 0.15) is 0 Å². The van der Waals surface area contributed by atoms with Crippen LogP contribution in [-0.2, 0) is 22.2 Å². The molecule has 0 saturated heterocycles. The van der Waals surface area contributed by atoms with Crippen LogP contribution in [0.3, 0.4) is 0 Å². The Morgan fingerprint density at radius 2 is 1.17 bits per heavy atom. The van der Waals surface area contributed by atoms with Gasteiger partial charge in [-0.05, 0) is 45.1 Å². The Morgan fingerprint density at radius 1 is 0.833 bits per heavy atom. The molecule has 2 heterocycles. The molecule has 0 spiro atoms. The van der Waals surface area contributed by atoms with Crippen molar-refractivity contribution in [1.29, 1.82) is 0 Å². The van der Waals surface area contributed by atoms with Crippen LogP contribution in [0.2, 0.25) is 0 Å². The summed E-state index contributed by atoms with van der Waals surface area (Å²) in [6.45, 7) is 0. The molecule has 2 unspecified atom stereocenters. The normalized spacial score (nSPS) is 12.1. The van der Waals surface area contributed by atoms with Gasteiger partial charge >= 0.3 is 59.1 Å². The van der Waals surface area contributed by atoms with Gasteiger partial charge in [-0.15, -0.1) is 22.7 Å². The molecule has 0 saturated carbocycles. The molecule has 2 aromatic rings. The van der Waals surface area contributed by atoms with Crippen LogP contribution >= 0.6 is 22.7 Å². The van der Waals surface area contributed by atoms with E-state index in [9.17, 15) is 17.5 Å². The fourth-order valence-corrected chi connectivity index (χ4v) is 2.95. The fourth-order valence-electron chi connectivity index (χ4n) is 0.717. The zero-order chi connectivity index (χ0) is 12.0. The summed E-state index contributed by atoms with van der Waals surface area (Å²) in [6.07, 6.45) is 0. The van der Waals surface area contributed by atoms with Gasteiger partial charge in [0.2, 0.25) is 0 Å². The van der Waals surface area contributed by atoms with Crippen molar-refractivity contribution in [2.75, 3.05) is 0 Å². The summed E-state index contributed by atoms with van der Waals surface area (Å²) in [5, 5.41) is 3.45. The Kier molecular flexibility index (Phi) is 15.1. The maximum absolute atomic E-state index is 10.1. The minimum absolute atomic E-state index is 0. The van der Waals surface area contributed by atoms with E-state index in [0.717, 1.165) is 0 Å². The number of rotatable bonds is 2. The summed E-state index contributed by atoms with van der Waals surface area (Å²) in [4.78, 5) is 0. The maximum atomic E-state index is 10.1. The number of hydrogen-bond acceptors (Lipinski definition) is 6. The first-order valence-electron chi connectivity index (χ1n) is 3.87. The van der Waals surface area contributed by atoms with E-state index in [1.165, 1.54) is 22.7 Å². The molecular formula is C8H6Na2O4S4. The van der Waals surface area contributed by atoms with Crippen molar-refractivity contribution in [2.45, 2.75) is 8.42 Å². The molecule has 0 fully saturated rings. The van der Waals surface area contributed by atoms with Crippen LogP contribution in [0.5, 0.6) is 0 Å². The summed E-state index contributed by atoms with van der Waals surface area (Å²) in [6, 6.07) is 6.53. The molecule has 0 bridgehead atoms. The number of hydrogen-bond donors (Lipinski definition) is 0. The molecule has 0 aliphatic rings. The zero-order valence-electron chi connectivity index (χ0n) is 9.73. The Morgan fingerprint density at radius 3 is 1.28 bits per heavy atom. The second-order valence-electron chi connectivity index (χ2n) is 2.33. The summed E-state index contributed by atoms with van der Waals surface area (Å²) < 4.78 is 41.1. The van der Waals surface area contributed by atoms with Gasteiger partial charge in [-0.3, -0.25) is 8.42 Å². The Labute approximate surface area is 162 Å². The third-order valence-electron chi connectivity index (χ3n) is 1.32. The molecule has 18 heavy (non-hydrogen) atoms. The average molecular weight is 340 g/mol. The van der Waals surface area contributed by atoms with E-state index in [2.05, 4.69) is 0 Å². The van der Waals surface area contributed by atoms with E-state index < -0.39 is 22.2 Å². The second-order valence-corrected chi connectivity index (χ2v) is 6.56. The van der Waals surface area contributed by atoms with Crippen molar-refractivity contribution in [3.05, 3.63) is 35.0 Å². The van der Waals surface area contributed by atoms with Crippen molar-refractivity contribution in [2.24, 2.45) is 0 Å². The second kappa shape index (κ2) is 12.4. The summed E-state index contributed by atoms with van der Waals surface area (Å²) in [5.74, 6) is 0. The molecule has 2 atom stereocenters. The molecule has 0 aliphatic heterocycles. The van der Waals surface area contributed by atoms with Gasteiger partial charge in [0.05, 0.1) is 8.42 Å². The monoisotopic (exact) mass is 340 g/mol. The minimum Gasteiger partial charge on any atom is -0.768 e. The maximum Gasteiger partial charge on any atom is 1.00 e. The molecule has 0 N–H and O–H groups in total. The molecule has 0 aromatic carbocycles. The van der Waals surface area contributed by atoms with E-state index in [-0.39, 0.29) is 59.1 Å². The first-order valence-corrected chi connectivity index (χ1v) is 7.77. The molecular weight excluding hydrogens is 334 g/mol. The number of thiophene rings is 2. The molecule has 2 rings (SSSR count). The quantitative estimate of drug-likeness (QED) is 0.412. The molecule has 0 aliphatic carbocycles. The van der Waals surface area contributed by atoms with Gasteiger partial charge in [-0.1, -0.05) is 12.1 Å². The molecule has 4 nitrogen and oxygen atoms in total. The van der Waals surface area contributed by atoms with Gasteiger partial charge in [-0.25, -0.2) is 0 Å². The molecule has 0 radical (unpaired) electrons. The molecule has 10 heteroatoms. The van der Waals surface area contributed by atoms with Crippen LogP contribution in [-0.4, -0.2) is 17.5 Å². The summed E-state index contributed by atoms with van der Waals surface area (Å²) >= 11 is -1.62. The van der Waals surface area contributed by atoms with E-state index in [1.54, 1.807) is 35.0 Å². The van der Waals surface area contributed by atoms with Crippen LogP contribution in [0.25, 0.3) is 0 Å². The molecule has 88 valence electrons. The van der Waals surface area contributed by atoms with Crippen molar-refractivity contribution in [3.8, 4) is 0 Å². The predicted octanol–water partition coefficient (Wildman–Crippen LogP) is -4.02. The van der Waals surface area contributed by atoms with Crippen LogP contribution < -0.4 is 59.1 Å². The SMILES string of the molecule is O=S([O-])c1cccs1.O=S([O-])c1cccs1.[Na+].[Na+]. The van der Waals surface area contributed by atoms with Crippen molar-refractivity contribution in [3.63, 3.8) is 0 Å². The van der Waals surface area contributed by atoms with Gasteiger partial charge in [0.1, 0.15) is 0 Å². The van der Waals surface area contributed by atoms with Gasteiger partial charge in [0, 0.05) is 0 Å². The third kappa shape index (κ3) is 8.72. The van der Waals surface area contributed by atoms with E-state index >= 15 is 0 Å². The topological polar surface area (TPSA) is 80.3 Å². The van der Waals surface area contributed by atoms with Crippen molar-refractivity contribution >= 4 is 44.8 Å². The largest absolute Gasteiger partial charge is 1.00 e. The Hall–Kier alpha value is 1.62. The first-order chi connectivity index (χ1) is 7.61. The van der Waals surface area contributed by atoms with Crippen LogP contribution in [0.4, 0.5) is 0 Å². The van der Waals surface area contributed by atoms with Crippen LogP contribution in [0, 0.1) is 0 Å². The van der Waals surface area contributed by atoms with Crippen LogP contribution in [0.15, 0.2) is 43.4 Å². The zero-order valence-corrected chi connectivity index (χ0v) is 17.0. The van der Waals surface area contributed by atoms with E-state index in [4.69, 9.17) is 0 Å². The standard InChI is InChI=1S/2C4H4O2S2.2Na/c2*5-8(6)4-2-1-3-7-4;;/h2*1-3H,(H,5,6);;/q;;2*+1/p-2. The first kappa shape index (κ1) is 21.9. The van der Waals surface area contributed by atoms with Gasteiger partial charge in [-0.2, -0.15) is 0 Å². The predicted molar refractivity (Wildman–Crippen MR) is 63.0 cm³/mol.